The summed E-state index contributed by atoms with van der Waals surface area (Å²) < 4.78 is 13.0. The molecule has 1 aromatic carbocycles. The summed E-state index contributed by atoms with van der Waals surface area (Å²) in [6.07, 6.45) is 3.77. The van der Waals surface area contributed by atoms with Crippen molar-refractivity contribution in [2.75, 3.05) is 13.1 Å². The summed E-state index contributed by atoms with van der Waals surface area (Å²) in [4.78, 5) is 26.7. The summed E-state index contributed by atoms with van der Waals surface area (Å²) in [5, 5.41) is 3.10. The summed E-state index contributed by atoms with van der Waals surface area (Å²) in [5.41, 5.74) is 0.965. The zero-order valence-electron chi connectivity index (χ0n) is 16.1. The highest BCUT2D eigenvalue weighted by Crippen LogP contribution is 2.21. The number of piperidine rings is 1. The van der Waals surface area contributed by atoms with Crippen molar-refractivity contribution >= 4 is 11.8 Å². The number of hydrogen-bond acceptors (Lipinski definition) is 2. The highest BCUT2D eigenvalue weighted by atomic mass is 19.1. The third-order valence-corrected chi connectivity index (χ3v) is 5.44. The maximum atomic E-state index is 13.0. The zero-order valence-corrected chi connectivity index (χ0v) is 16.1. The maximum absolute atomic E-state index is 13.0. The Bertz CT molecular complexity index is 591. The molecule has 4 nitrogen and oxygen atoms in total. The molecule has 144 valence electrons. The number of nitrogens with zero attached hydrogens (tertiary/aromatic N) is 1. The maximum Gasteiger partial charge on any atom is 0.225 e. The van der Waals surface area contributed by atoms with Crippen LogP contribution < -0.4 is 5.32 Å². The van der Waals surface area contributed by atoms with Gasteiger partial charge in [0.1, 0.15) is 5.82 Å². The molecule has 2 rings (SSSR count). The minimum absolute atomic E-state index is 0.0200. The number of carbonyl (C=O) groups is 2. The highest BCUT2D eigenvalue weighted by Gasteiger charge is 2.27. The first kappa shape index (κ1) is 20.4. The zero-order chi connectivity index (χ0) is 19.1. The monoisotopic (exact) mass is 362 g/mol. The molecule has 1 aliphatic rings. The number of benzene rings is 1. The van der Waals surface area contributed by atoms with Gasteiger partial charge in [0.05, 0.1) is 0 Å². The smallest absolute Gasteiger partial charge is 0.225 e. The van der Waals surface area contributed by atoms with Gasteiger partial charge < -0.3 is 10.2 Å². The molecule has 2 amide bonds. The average Bonchev–Trinajstić information content (AvgIpc) is 2.63. The fourth-order valence-corrected chi connectivity index (χ4v) is 3.61. The van der Waals surface area contributed by atoms with Crippen LogP contribution in [0.15, 0.2) is 24.3 Å². The van der Waals surface area contributed by atoms with Crippen LogP contribution >= 0.6 is 0 Å². The van der Waals surface area contributed by atoms with Crippen molar-refractivity contribution in [1.82, 2.24) is 10.2 Å². The normalized spacial score (nSPS) is 16.6. The molecule has 1 N–H and O–H groups in total. The van der Waals surface area contributed by atoms with Crippen molar-refractivity contribution in [1.29, 1.82) is 0 Å². The van der Waals surface area contributed by atoms with Gasteiger partial charge in [0, 0.05) is 31.5 Å². The Morgan fingerprint density at radius 3 is 2.27 bits per heavy atom. The first-order valence-corrected chi connectivity index (χ1v) is 9.78. The number of rotatable bonds is 7. The van der Waals surface area contributed by atoms with E-state index in [4.69, 9.17) is 0 Å². The van der Waals surface area contributed by atoms with E-state index in [1.54, 1.807) is 12.1 Å². The Balaban J connectivity index is 1.77. The van der Waals surface area contributed by atoms with Crippen LogP contribution in [0.3, 0.4) is 0 Å². The summed E-state index contributed by atoms with van der Waals surface area (Å²) in [5.74, 6) is 0.182. The highest BCUT2D eigenvalue weighted by molar-refractivity contribution is 5.79. The molecule has 0 radical (unpaired) electrons. The second-order valence-electron chi connectivity index (χ2n) is 7.34. The summed E-state index contributed by atoms with van der Waals surface area (Å²) in [6, 6.07) is 6.45. The first-order chi connectivity index (χ1) is 12.4. The van der Waals surface area contributed by atoms with E-state index < -0.39 is 0 Å². The average molecular weight is 362 g/mol. The molecule has 1 unspecified atom stereocenters. The van der Waals surface area contributed by atoms with Gasteiger partial charge in [-0.25, -0.2) is 4.39 Å². The molecule has 1 heterocycles. The van der Waals surface area contributed by atoms with Crippen LogP contribution in [0.25, 0.3) is 0 Å². The minimum Gasteiger partial charge on any atom is -0.353 e. The first-order valence-electron chi connectivity index (χ1n) is 9.78. The molecule has 0 saturated carbocycles. The Labute approximate surface area is 156 Å². The van der Waals surface area contributed by atoms with E-state index in [0.717, 1.165) is 31.2 Å². The fourth-order valence-electron chi connectivity index (χ4n) is 3.61. The van der Waals surface area contributed by atoms with Crippen molar-refractivity contribution < 1.29 is 14.0 Å². The van der Waals surface area contributed by atoms with Crippen LogP contribution in [-0.2, 0) is 9.59 Å². The van der Waals surface area contributed by atoms with Crippen LogP contribution in [0.5, 0.6) is 0 Å². The van der Waals surface area contributed by atoms with Crippen molar-refractivity contribution in [2.24, 2.45) is 5.92 Å². The van der Waals surface area contributed by atoms with Crippen LogP contribution in [0, 0.1) is 11.7 Å². The van der Waals surface area contributed by atoms with Crippen molar-refractivity contribution in [3.05, 3.63) is 35.6 Å². The standard InChI is InChI=1S/C21H31FN2O2/c1-4-16(5-2)21(26)24-12-10-19(11-13-24)23-20(25)14-15(3)17-6-8-18(22)9-7-17/h6-9,15-16,19H,4-5,10-14H2,1-3H3,(H,23,25). The number of halogens is 1. The van der Waals surface area contributed by atoms with E-state index in [1.165, 1.54) is 12.1 Å². The molecule has 1 fully saturated rings. The predicted octanol–water partition coefficient (Wildman–Crippen LogP) is 3.86. The molecule has 1 aromatic rings. The molecule has 26 heavy (non-hydrogen) atoms. The van der Waals surface area contributed by atoms with E-state index in [9.17, 15) is 14.0 Å². The van der Waals surface area contributed by atoms with Crippen molar-refractivity contribution in [3.63, 3.8) is 0 Å². The van der Waals surface area contributed by atoms with E-state index in [0.29, 0.717) is 19.5 Å². The van der Waals surface area contributed by atoms with Gasteiger partial charge in [0.2, 0.25) is 11.8 Å². The molecule has 0 aromatic heterocycles. The quantitative estimate of drug-likeness (QED) is 0.801. The molecular weight excluding hydrogens is 331 g/mol. The number of carbonyl (C=O) groups excluding carboxylic acids is 2. The second-order valence-corrected chi connectivity index (χ2v) is 7.34. The summed E-state index contributed by atoms with van der Waals surface area (Å²) in [7, 11) is 0. The molecule has 0 aliphatic carbocycles. The lowest BCUT2D eigenvalue weighted by molar-refractivity contribution is -0.137. The lowest BCUT2D eigenvalue weighted by atomic mass is 9.96. The topological polar surface area (TPSA) is 49.4 Å². The van der Waals surface area contributed by atoms with Crippen LogP contribution in [-0.4, -0.2) is 35.8 Å². The van der Waals surface area contributed by atoms with Crippen LogP contribution in [0.2, 0.25) is 0 Å². The number of hydrogen-bond donors (Lipinski definition) is 1. The predicted molar refractivity (Wildman–Crippen MR) is 101 cm³/mol. The Morgan fingerprint density at radius 2 is 1.73 bits per heavy atom. The second kappa shape index (κ2) is 9.70. The fraction of sp³-hybridized carbons (Fsp3) is 0.619. The molecule has 0 bridgehead atoms. The Morgan fingerprint density at radius 1 is 1.15 bits per heavy atom. The Hall–Kier alpha value is -1.91. The summed E-state index contributed by atoms with van der Waals surface area (Å²) >= 11 is 0. The Kier molecular flexibility index (Phi) is 7.61. The van der Waals surface area contributed by atoms with Gasteiger partial charge in [-0.1, -0.05) is 32.9 Å². The van der Waals surface area contributed by atoms with Gasteiger partial charge in [-0.15, -0.1) is 0 Å². The third-order valence-electron chi connectivity index (χ3n) is 5.44. The molecule has 1 saturated heterocycles. The lowest BCUT2D eigenvalue weighted by Crippen LogP contribution is -2.48. The van der Waals surface area contributed by atoms with E-state index in [2.05, 4.69) is 19.2 Å². The number of amides is 2. The van der Waals surface area contributed by atoms with Crippen molar-refractivity contribution in [3.8, 4) is 0 Å². The van der Waals surface area contributed by atoms with Gasteiger partial charge in [0.15, 0.2) is 0 Å². The lowest BCUT2D eigenvalue weighted by Gasteiger charge is -2.34. The molecule has 1 atom stereocenters. The van der Waals surface area contributed by atoms with Gasteiger partial charge in [-0.05, 0) is 49.3 Å². The number of likely N-dealkylation sites (tertiary alicyclic amines) is 1. The van der Waals surface area contributed by atoms with Gasteiger partial charge in [-0.3, -0.25) is 9.59 Å². The SMILES string of the molecule is CCC(CC)C(=O)N1CCC(NC(=O)CC(C)c2ccc(F)cc2)CC1. The van der Waals surface area contributed by atoms with E-state index >= 15 is 0 Å². The van der Waals surface area contributed by atoms with Gasteiger partial charge in [0.25, 0.3) is 0 Å². The summed E-state index contributed by atoms with van der Waals surface area (Å²) in [6.45, 7) is 7.52. The van der Waals surface area contributed by atoms with Gasteiger partial charge >= 0.3 is 0 Å². The van der Waals surface area contributed by atoms with Crippen LogP contribution in [0.1, 0.15) is 64.4 Å². The minimum atomic E-state index is -0.264. The third kappa shape index (κ3) is 5.55. The van der Waals surface area contributed by atoms with E-state index in [1.807, 2.05) is 11.8 Å². The molecule has 1 aliphatic heterocycles. The molecule has 5 heteroatoms. The van der Waals surface area contributed by atoms with Crippen LogP contribution in [0.4, 0.5) is 4.39 Å². The van der Waals surface area contributed by atoms with E-state index in [-0.39, 0.29) is 35.5 Å². The number of nitrogens with one attached hydrogen (secondary N) is 1. The molecule has 0 spiro atoms. The van der Waals surface area contributed by atoms with Gasteiger partial charge in [-0.2, -0.15) is 0 Å². The largest absolute Gasteiger partial charge is 0.353 e. The van der Waals surface area contributed by atoms with Crippen molar-refractivity contribution in [2.45, 2.75) is 64.8 Å². The molecular formula is C21H31FN2O2.